The van der Waals surface area contributed by atoms with E-state index in [1.165, 1.54) is 0 Å². The van der Waals surface area contributed by atoms with Gasteiger partial charge < -0.3 is 10.2 Å². The minimum absolute atomic E-state index is 0.0957. The third-order valence-corrected chi connectivity index (χ3v) is 4.75. The van der Waals surface area contributed by atoms with Crippen LogP contribution in [0.3, 0.4) is 0 Å². The number of benzene rings is 1. The van der Waals surface area contributed by atoms with Crippen LogP contribution in [0.15, 0.2) is 30.6 Å². The van der Waals surface area contributed by atoms with Crippen molar-refractivity contribution in [1.29, 1.82) is 0 Å². The van der Waals surface area contributed by atoms with Crippen LogP contribution in [0.1, 0.15) is 25.8 Å². The van der Waals surface area contributed by atoms with E-state index in [1.807, 2.05) is 30.0 Å². The number of likely N-dealkylation sites (tertiary alicyclic amines) is 1. The molecule has 2 atom stereocenters. The number of anilines is 1. The van der Waals surface area contributed by atoms with Crippen LogP contribution >= 0.6 is 0 Å². The van der Waals surface area contributed by atoms with Gasteiger partial charge in [-0.1, -0.05) is 13.0 Å². The van der Waals surface area contributed by atoms with E-state index >= 15 is 0 Å². The maximum absolute atomic E-state index is 13.0. The van der Waals surface area contributed by atoms with Gasteiger partial charge in [-0.05, 0) is 43.9 Å². The zero-order chi connectivity index (χ0) is 17.3. The molecule has 6 heteroatoms. The van der Waals surface area contributed by atoms with E-state index in [0.717, 1.165) is 36.5 Å². The van der Waals surface area contributed by atoms with Crippen LogP contribution in [-0.2, 0) is 0 Å². The molecular formula is C18H21FN4O. The van der Waals surface area contributed by atoms with Gasteiger partial charge in [-0.15, -0.1) is 0 Å². The second kappa shape index (κ2) is 6.55. The Kier molecular flexibility index (Phi) is 4.46. The van der Waals surface area contributed by atoms with Gasteiger partial charge in [0.15, 0.2) is 11.6 Å². The van der Waals surface area contributed by atoms with E-state index in [2.05, 4.69) is 29.1 Å². The van der Waals surface area contributed by atoms with Gasteiger partial charge in [0.25, 0.3) is 0 Å². The first-order valence-corrected chi connectivity index (χ1v) is 8.12. The highest BCUT2D eigenvalue weighted by molar-refractivity contribution is 5.90. The number of aryl methyl sites for hydroxylation is 1. The van der Waals surface area contributed by atoms with E-state index in [-0.39, 0.29) is 12.1 Å². The van der Waals surface area contributed by atoms with Gasteiger partial charge >= 0.3 is 6.03 Å². The van der Waals surface area contributed by atoms with Gasteiger partial charge in [0, 0.05) is 23.8 Å². The van der Waals surface area contributed by atoms with Crippen molar-refractivity contribution in [2.45, 2.75) is 33.2 Å². The molecule has 1 aliphatic heterocycles. The molecule has 1 aliphatic rings. The molecule has 0 aliphatic carbocycles. The lowest BCUT2D eigenvalue weighted by atomic mass is 10.1. The first kappa shape index (κ1) is 16.4. The summed E-state index contributed by atoms with van der Waals surface area (Å²) in [5.41, 5.74) is 2.42. The number of urea groups is 1. The van der Waals surface area contributed by atoms with Crippen LogP contribution in [0.2, 0.25) is 0 Å². The number of carbonyl (C=O) groups is 1. The number of hydrogen-bond donors (Lipinski definition) is 1. The zero-order valence-corrected chi connectivity index (χ0v) is 14.1. The van der Waals surface area contributed by atoms with Crippen molar-refractivity contribution in [3.63, 3.8) is 0 Å². The number of hydrogen-bond acceptors (Lipinski definition) is 3. The minimum atomic E-state index is -0.474. The van der Waals surface area contributed by atoms with E-state index in [4.69, 9.17) is 0 Å². The number of halogens is 1. The largest absolute Gasteiger partial charge is 0.322 e. The monoisotopic (exact) mass is 328 g/mol. The third kappa shape index (κ3) is 3.22. The Balaban J connectivity index is 1.81. The van der Waals surface area contributed by atoms with E-state index < -0.39 is 5.82 Å². The van der Waals surface area contributed by atoms with Crippen molar-refractivity contribution in [2.75, 3.05) is 11.9 Å². The summed E-state index contributed by atoms with van der Waals surface area (Å²) in [6, 6.07) is 5.71. The molecule has 1 aromatic carbocycles. The second-order valence-corrected chi connectivity index (χ2v) is 6.38. The summed E-state index contributed by atoms with van der Waals surface area (Å²) in [7, 11) is 0. The number of rotatable bonds is 2. The first-order chi connectivity index (χ1) is 11.5. The molecule has 126 valence electrons. The van der Waals surface area contributed by atoms with E-state index in [1.54, 1.807) is 0 Å². The van der Waals surface area contributed by atoms with Crippen molar-refractivity contribution in [3.8, 4) is 11.4 Å². The molecule has 0 bridgehead atoms. The molecule has 2 heterocycles. The van der Waals surface area contributed by atoms with Crippen LogP contribution in [0.25, 0.3) is 11.4 Å². The summed E-state index contributed by atoms with van der Waals surface area (Å²) < 4.78 is 13.0. The fourth-order valence-corrected chi connectivity index (χ4v) is 2.97. The molecule has 0 spiro atoms. The predicted octanol–water partition coefficient (Wildman–Crippen LogP) is 3.85. The Morgan fingerprint density at radius 1 is 1.29 bits per heavy atom. The third-order valence-electron chi connectivity index (χ3n) is 4.75. The predicted molar refractivity (Wildman–Crippen MR) is 91.1 cm³/mol. The first-order valence-electron chi connectivity index (χ1n) is 8.12. The van der Waals surface area contributed by atoms with Gasteiger partial charge in [0.2, 0.25) is 0 Å². The fourth-order valence-electron chi connectivity index (χ4n) is 2.97. The molecule has 3 rings (SSSR count). The second-order valence-electron chi connectivity index (χ2n) is 6.38. The lowest BCUT2D eigenvalue weighted by Gasteiger charge is -2.24. The molecule has 0 saturated carbocycles. The van der Waals surface area contributed by atoms with Gasteiger partial charge in [-0.3, -0.25) is 0 Å². The molecule has 1 fully saturated rings. The van der Waals surface area contributed by atoms with Crippen molar-refractivity contribution < 1.29 is 9.18 Å². The molecule has 2 aromatic rings. The average Bonchev–Trinajstić information content (AvgIpc) is 2.90. The van der Waals surface area contributed by atoms with Crippen LogP contribution in [0.5, 0.6) is 0 Å². The van der Waals surface area contributed by atoms with E-state index in [0.29, 0.717) is 17.4 Å². The lowest BCUT2D eigenvalue weighted by molar-refractivity contribution is 0.205. The number of amides is 2. The molecule has 24 heavy (non-hydrogen) atoms. The Morgan fingerprint density at radius 3 is 2.62 bits per heavy atom. The summed E-state index contributed by atoms with van der Waals surface area (Å²) in [6.45, 7) is 6.93. The van der Waals surface area contributed by atoms with Crippen molar-refractivity contribution >= 4 is 11.7 Å². The Labute approximate surface area is 140 Å². The van der Waals surface area contributed by atoms with Crippen LogP contribution in [-0.4, -0.2) is 33.5 Å². The summed E-state index contributed by atoms with van der Waals surface area (Å²) in [5, 5.41) is 2.94. The van der Waals surface area contributed by atoms with Gasteiger partial charge in [0.1, 0.15) is 0 Å². The van der Waals surface area contributed by atoms with Crippen molar-refractivity contribution in [2.24, 2.45) is 5.92 Å². The standard InChI is InChI=1S/C18H21FN4O/c1-11-6-7-23(13(11)3)18(24)22-15-5-4-12(2)16(8-15)17-20-9-14(19)10-21-17/h4-5,8-11,13H,6-7H2,1-3H3,(H,22,24)/t11-,13+/m0/s1. The minimum Gasteiger partial charge on any atom is -0.322 e. The van der Waals surface area contributed by atoms with Crippen LogP contribution < -0.4 is 5.32 Å². The molecule has 2 amide bonds. The number of carbonyl (C=O) groups excluding carboxylic acids is 1. The Morgan fingerprint density at radius 2 is 2.00 bits per heavy atom. The maximum atomic E-state index is 13.0. The fraction of sp³-hybridized carbons (Fsp3) is 0.389. The summed E-state index contributed by atoms with van der Waals surface area (Å²) >= 11 is 0. The highest BCUT2D eigenvalue weighted by Gasteiger charge is 2.30. The lowest BCUT2D eigenvalue weighted by Crippen LogP contribution is -2.38. The van der Waals surface area contributed by atoms with Crippen molar-refractivity contribution in [3.05, 3.63) is 42.0 Å². The summed E-state index contributed by atoms with van der Waals surface area (Å²) in [4.78, 5) is 22.4. The molecule has 0 radical (unpaired) electrons. The SMILES string of the molecule is Cc1ccc(NC(=O)N2CC[C@H](C)[C@H]2C)cc1-c1ncc(F)cn1. The van der Waals surface area contributed by atoms with Gasteiger partial charge in [-0.25, -0.2) is 19.2 Å². The Bertz CT molecular complexity index is 747. The molecule has 0 unspecified atom stereocenters. The number of nitrogens with one attached hydrogen (secondary N) is 1. The number of aromatic nitrogens is 2. The summed E-state index contributed by atoms with van der Waals surface area (Å²) in [5.74, 6) is 0.475. The van der Waals surface area contributed by atoms with E-state index in [9.17, 15) is 9.18 Å². The molecule has 1 N–H and O–H groups in total. The maximum Gasteiger partial charge on any atom is 0.322 e. The van der Waals surface area contributed by atoms with Crippen LogP contribution in [0.4, 0.5) is 14.9 Å². The smallest absolute Gasteiger partial charge is 0.322 e. The molecular weight excluding hydrogens is 307 g/mol. The van der Waals surface area contributed by atoms with Crippen LogP contribution in [0, 0.1) is 18.7 Å². The normalized spacial score (nSPS) is 20.2. The highest BCUT2D eigenvalue weighted by Crippen LogP contribution is 2.26. The Hall–Kier alpha value is -2.50. The highest BCUT2D eigenvalue weighted by atomic mass is 19.1. The van der Waals surface area contributed by atoms with Gasteiger partial charge in [0.05, 0.1) is 12.4 Å². The topological polar surface area (TPSA) is 58.1 Å². The molecule has 1 saturated heterocycles. The summed E-state index contributed by atoms with van der Waals surface area (Å²) in [6.07, 6.45) is 3.30. The molecule has 5 nitrogen and oxygen atoms in total. The quantitative estimate of drug-likeness (QED) is 0.911. The molecule has 1 aromatic heterocycles. The number of nitrogens with zero attached hydrogens (tertiary/aromatic N) is 3. The zero-order valence-electron chi connectivity index (χ0n) is 14.1. The van der Waals surface area contributed by atoms with Crippen molar-refractivity contribution in [1.82, 2.24) is 14.9 Å². The van der Waals surface area contributed by atoms with Gasteiger partial charge in [-0.2, -0.15) is 0 Å². The average molecular weight is 328 g/mol.